The maximum absolute atomic E-state index is 11.8. The summed E-state index contributed by atoms with van der Waals surface area (Å²) in [5.74, 6) is 0.382. The predicted molar refractivity (Wildman–Crippen MR) is 73.2 cm³/mol. The summed E-state index contributed by atoms with van der Waals surface area (Å²) in [6, 6.07) is 18.1. The molecule has 0 bridgehead atoms. The van der Waals surface area contributed by atoms with E-state index in [0.29, 0.717) is 0 Å². The third-order valence-electron chi connectivity index (χ3n) is 3.22. The fourth-order valence-electron chi connectivity index (χ4n) is 2.04. The van der Waals surface area contributed by atoms with Gasteiger partial charge in [-0.2, -0.15) is 0 Å². The fraction of sp³-hybridized carbons (Fsp3) is 0.188. The molecular weight excluding hydrogens is 222 g/mol. The van der Waals surface area contributed by atoms with Crippen LogP contribution in [0.4, 0.5) is 5.69 Å². The van der Waals surface area contributed by atoms with Crippen LogP contribution in [-0.2, 0) is 4.79 Å². The van der Waals surface area contributed by atoms with Crippen molar-refractivity contribution in [3.63, 3.8) is 0 Å². The molecule has 90 valence electrons. The molecule has 3 rings (SSSR count). The largest absolute Gasteiger partial charge is 0.325 e. The first kappa shape index (κ1) is 11.0. The normalized spacial score (nSPS) is 14.2. The van der Waals surface area contributed by atoms with Gasteiger partial charge in [-0.1, -0.05) is 48.5 Å². The van der Waals surface area contributed by atoms with E-state index in [2.05, 4.69) is 17.4 Å². The Morgan fingerprint density at radius 3 is 2.33 bits per heavy atom. The highest BCUT2D eigenvalue weighted by atomic mass is 16.2. The fourth-order valence-corrected chi connectivity index (χ4v) is 2.04. The number of para-hydroxylation sites is 1. The van der Waals surface area contributed by atoms with Crippen molar-refractivity contribution < 1.29 is 4.79 Å². The maximum Gasteiger partial charge on any atom is 0.227 e. The summed E-state index contributed by atoms with van der Waals surface area (Å²) in [7, 11) is 0. The average Bonchev–Trinajstić information content (AvgIpc) is 3.25. The summed E-state index contributed by atoms with van der Waals surface area (Å²) < 4.78 is 0. The smallest absolute Gasteiger partial charge is 0.227 e. The van der Waals surface area contributed by atoms with Crippen molar-refractivity contribution in [2.75, 3.05) is 5.32 Å². The van der Waals surface area contributed by atoms with Crippen molar-refractivity contribution in [1.29, 1.82) is 0 Å². The van der Waals surface area contributed by atoms with Crippen LogP contribution < -0.4 is 5.32 Å². The second-order valence-corrected chi connectivity index (χ2v) is 4.68. The summed E-state index contributed by atoms with van der Waals surface area (Å²) in [6.45, 7) is 0. The van der Waals surface area contributed by atoms with Crippen LogP contribution in [0.5, 0.6) is 0 Å². The first-order valence-electron chi connectivity index (χ1n) is 6.30. The van der Waals surface area contributed by atoms with E-state index in [1.807, 2.05) is 42.5 Å². The van der Waals surface area contributed by atoms with Crippen LogP contribution in [0.1, 0.15) is 12.8 Å². The Kier molecular flexibility index (Phi) is 2.85. The number of rotatable bonds is 3. The molecule has 1 fully saturated rings. The van der Waals surface area contributed by atoms with Gasteiger partial charge in [0.2, 0.25) is 5.91 Å². The SMILES string of the molecule is O=C(Nc1ccccc1-c1ccccc1)C1CC1. The molecule has 1 N–H and O–H groups in total. The van der Waals surface area contributed by atoms with E-state index in [1.54, 1.807) is 0 Å². The molecule has 18 heavy (non-hydrogen) atoms. The van der Waals surface area contributed by atoms with Crippen LogP contribution in [0.25, 0.3) is 11.1 Å². The van der Waals surface area contributed by atoms with Gasteiger partial charge >= 0.3 is 0 Å². The summed E-state index contributed by atoms with van der Waals surface area (Å²) in [4.78, 5) is 11.8. The van der Waals surface area contributed by atoms with Crippen molar-refractivity contribution in [3.8, 4) is 11.1 Å². The Balaban J connectivity index is 1.92. The molecule has 1 amide bonds. The van der Waals surface area contributed by atoms with Crippen LogP contribution in [0.3, 0.4) is 0 Å². The van der Waals surface area contributed by atoms with E-state index in [-0.39, 0.29) is 11.8 Å². The van der Waals surface area contributed by atoms with Crippen LogP contribution in [-0.4, -0.2) is 5.91 Å². The van der Waals surface area contributed by atoms with Gasteiger partial charge in [-0.25, -0.2) is 0 Å². The highest BCUT2D eigenvalue weighted by molar-refractivity contribution is 5.97. The van der Waals surface area contributed by atoms with Gasteiger partial charge in [0.15, 0.2) is 0 Å². The molecule has 0 atom stereocenters. The Morgan fingerprint density at radius 1 is 0.944 bits per heavy atom. The van der Waals surface area contributed by atoms with E-state index in [9.17, 15) is 4.79 Å². The number of hydrogen-bond donors (Lipinski definition) is 1. The maximum atomic E-state index is 11.8. The van der Waals surface area contributed by atoms with Gasteiger partial charge < -0.3 is 5.32 Å². The zero-order valence-corrected chi connectivity index (χ0v) is 10.1. The molecule has 0 saturated heterocycles. The molecule has 2 heteroatoms. The van der Waals surface area contributed by atoms with Gasteiger partial charge in [-0.05, 0) is 24.5 Å². The van der Waals surface area contributed by atoms with Crippen LogP contribution in [0.15, 0.2) is 54.6 Å². The van der Waals surface area contributed by atoms with Gasteiger partial charge in [0.05, 0.1) is 0 Å². The van der Waals surface area contributed by atoms with Crippen molar-refractivity contribution in [3.05, 3.63) is 54.6 Å². The van der Waals surface area contributed by atoms with Crippen LogP contribution >= 0.6 is 0 Å². The van der Waals surface area contributed by atoms with E-state index in [1.165, 1.54) is 0 Å². The molecule has 0 heterocycles. The number of anilines is 1. The lowest BCUT2D eigenvalue weighted by atomic mass is 10.0. The molecule has 0 spiro atoms. The van der Waals surface area contributed by atoms with Crippen molar-refractivity contribution >= 4 is 11.6 Å². The van der Waals surface area contributed by atoms with E-state index in [0.717, 1.165) is 29.7 Å². The summed E-state index contributed by atoms with van der Waals surface area (Å²) in [5.41, 5.74) is 3.11. The van der Waals surface area contributed by atoms with Gasteiger partial charge in [-0.15, -0.1) is 0 Å². The summed E-state index contributed by atoms with van der Waals surface area (Å²) in [5, 5.41) is 3.03. The molecular formula is C16H15NO. The molecule has 0 unspecified atom stereocenters. The van der Waals surface area contributed by atoms with Gasteiger partial charge in [0, 0.05) is 17.2 Å². The predicted octanol–water partition coefficient (Wildman–Crippen LogP) is 3.70. The van der Waals surface area contributed by atoms with Gasteiger partial charge in [-0.3, -0.25) is 4.79 Å². The zero-order chi connectivity index (χ0) is 12.4. The highest BCUT2D eigenvalue weighted by Crippen LogP contribution is 2.32. The second-order valence-electron chi connectivity index (χ2n) is 4.68. The Bertz CT molecular complexity index is 558. The van der Waals surface area contributed by atoms with Crippen molar-refractivity contribution in [1.82, 2.24) is 0 Å². The molecule has 0 aliphatic heterocycles. The number of nitrogens with one attached hydrogen (secondary N) is 1. The Hall–Kier alpha value is -2.09. The van der Waals surface area contributed by atoms with E-state index >= 15 is 0 Å². The van der Waals surface area contributed by atoms with E-state index < -0.39 is 0 Å². The molecule has 1 aliphatic carbocycles. The number of hydrogen-bond acceptors (Lipinski definition) is 1. The molecule has 0 aromatic heterocycles. The third-order valence-corrected chi connectivity index (χ3v) is 3.22. The first-order valence-corrected chi connectivity index (χ1v) is 6.30. The minimum atomic E-state index is 0.151. The molecule has 0 radical (unpaired) electrons. The topological polar surface area (TPSA) is 29.1 Å². The molecule has 2 aromatic carbocycles. The Morgan fingerprint density at radius 2 is 1.61 bits per heavy atom. The second kappa shape index (κ2) is 4.65. The molecule has 2 nitrogen and oxygen atoms in total. The minimum Gasteiger partial charge on any atom is -0.325 e. The van der Waals surface area contributed by atoms with Crippen molar-refractivity contribution in [2.24, 2.45) is 5.92 Å². The monoisotopic (exact) mass is 237 g/mol. The number of carbonyl (C=O) groups excluding carboxylic acids is 1. The zero-order valence-electron chi connectivity index (χ0n) is 10.1. The summed E-state index contributed by atoms with van der Waals surface area (Å²) in [6.07, 6.45) is 2.05. The Labute approximate surface area is 107 Å². The highest BCUT2D eigenvalue weighted by Gasteiger charge is 2.29. The third kappa shape index (κ3) is 2.28. The first-order chi connectivity index (χ1) is 8.84. The number of carbonyl (C=O) groups is 1. The lowest BCUT2D eigenvalue weighted by Gasteiger charge is -2.10. The lowest BCUT2D eigenvalue weighted by molar-refractivity contribution is -0.117. The summed E-state index contributed by atoms with van der Waals surface area (Å²) >= 11 is 0. The molecule has 2 aromatic rings. The van der Waals surface area contributed by atoms with E-state index in [4.69, 9.17) is 0 Å². The molecule has 1 saturated carbocycles. The van der Waals surface area contributed by atoms with Crippen LogP contribution in [0, 0.1) is 5.92 Å². The van der Waals surface area contributed by atoms with Gasteiger partial charge in [0.25, 0.3) is 0 Å². The minimum absolute atomic E-state index is 0.151. The number of amides is 1. The van der Waals surface area contributed by atoms with Crippen LogP contribution in [0.2, 0.25) is 0 Å². The quantitative estimate of drug-likeness (QED) is 0.866. The van der Waals surface area contributed by atoms with Crippen molar-refractivity contribution in [2.45, 2.75) is 12.8 Å². The average molecular weight is 237 g/mol. The number of benzene rings is 2. The molecule has 1 aliphatic rings. The standard InChI is InChI=1S/C16H15NO/c18-16(13-10-11-13)17-15-9-5-4-8-14(15)12-6-2-1-3-7-12/h1-9,13H,10-11H2,(H,17,18). The van der Waals surface area contributed by atoms with Gasteiger partial charge in [0.1, 0.15) is 0 Å². The lowest BCUT2D eigenvalue weighted by Crippen LogP contribution is -2.13.